The summed E-state index contributed by atoms with van der Waals surface area (Å²) in [5.74, 6) is 1.83. The fraction of sp³-hybridized carbons (Fsp3) is 0.383. The van der Waals surface area contributed by atoms with Crippen LogP contribution in [0.4, 0.5) is 0 Å². The van der Waals surface area contributed by atoms with Gasteiger partial charge in [0, 0.05) is 0 Å². The summed E-state index contributed by atoms with van der Waals surface area (Å²) in [6.07, 6.45) is 10.4. The van der Waals surface area contributed by atoms with E-state index >= 15 is 0 Å². The first-order valence-corrected chi connectivity index (χ1v) is 21.0. The van der Waals surface area contributed by atoms with Crippen molar-refractivity contribution >= 4 is 12.1 Å². The van der Waals surface area contributed by atoms with Gasteiger partial charge in [0.05, 0.1) is 0 Å². The number of fused-ring (bicyclic) bond motifs is 2. The number of hydrogen-bond acceptors (Lipinski definition) is 0. The van der Waals surface area contributed by atoms with Gasteiger partial charge in [-0.25, -0.2) is 0 Å². The molecule has 0 heterocycles. The topological polar surface area (TPSA) is 0 Å². The number of rotatable bonds is 10. The average Bonchev–Trinajstić information content (AvgIpc) is 3.72. The molecule has 0 saturated heterocycles. The summed E-state index contributed by atoms with van der Waals surface area (Å²) in [7, 11) is 0. The molecule has 1 atom stereocenters. The third kappa shape index (κ3) is 5.77. The van der Waals surface area contributed by atoms with Crippen LogP contribution in [0.3, 0.4) is 0 Å². The zero-order valence-corrected chi connectivity index (χ0v) is 33.5. The number of benzene rings is 3. The Morgan fingerprint density at radius 3 is 1.83 bits per heavy atom. The third-order valence-electron chi connectivity index (χ3n) is 11.2. The average molecular weight is 711 g/mol. The fourth-order valence-corrected chi connectivity index (χ4v) is 13.0. The molecule has 0 nitrogen and oxygen atoms in total. The van der Waals surface area contributed by atoms with E-state index in [9.17, 15) is 0 Å². The van der Waals surface area contributed by atoms with Crippen molar-refractivity contribution in [2.75, 3.05) is 0 Å². The SMILES string of the molecule is CCc1cc(C(C)C)c2c(c1)=[C]([Zr]=[C](c1ccccc1)c1ccccc1)C1=C(C3=CC=CC3)C(CC)(C(C)C)C(C(C)C)=C(C(C)C)C=21. The van der Waals surface area contributed by atoms with E-state index < -0.39 is 22.8 Å². The van der Waals surface area contributed by atoms with Crippen molar-refractivity contribution < 1.29 is 22.8 Å². The molecule has 1 unspecified atom stereocenters. The monoisotopic (exact) mass is 709 g/mol. The second kappa shape index (κ2) is 14.2. The first-order chi connectivity index (χ1) is 23.1. The maximum absolute atomic E-state index is 2.62. The van der Waals surface area contributed by atoms with Gasteiger partial charge in [-0.05, 0) is 0 Å². The minimum atomic E-state index is -1.39. The molecule has 0 bridgehead atoms. The van der Waals surface area contributed by atoms with Crippen LogP contribution in [0.15, 0.2) is 119 Å². The summed E-state index contributed by atoms with van der Waals surface area (Å²) in [4.78, 5) is 0. The molecule has 0 aromatic heterocycles. The summed E-state index contributed by atoms with van der Waals surface area (Å²) in [6.45, 7) is 24.6. The van der Waals surface area contributed by atoms with Crippen molar-refractivity contribution in [3.05, 3.63) is 152 Å². The number of hydrogen-bond donors (Lipinski definition) is 0. The Balaban J connectivity index is 1.94. The van der Waals surface area contributed by atoms with E-state index in [1.807, 2.05) is 0 Å². The molecule has 0 amide bonds. The summed E-state index contributed by atoms with van der Waals surface area (Å²) in [5.41, 5.74) is 15.6. The molecule has 0 spiro atoms. The zero-order valence-electron chi connectivity index (χ0n) is 31.1. The molecule has 48 heavy (non-hydrogen) atoms. The zero-order chi connectivity index (χ0) is 34.3. The first kappa shape index (κ1) is 35.0. The van der Waals surface area contributed by atoms with Crippen molar-refractivity contribution in [1.82, 2.24) is 0 Å². The molecule has 3 aromatic carbocycles. The molecular formula is C47H55Zr. The third-order valence-corrected chi connectivity index (χ3v) is 15.1. The Morgan fingerprint density at radius 2 is 1.38 bits per heavy atom. The van der Waals surface area contributed by atoms with E-state index in [0.717, 1.165) is 19.3 Å². The molecule has 3 aromatic rings. The Hall–Kier alpha value is -2.89. The Labute approximate surface area is 302 Å². The summed E-state index contributed by atoms with van der Waals surface area (Å²) < 4.78 is 3.28. The van der Waals surface area contributed by atoms with E-state index in [-0.39, 0.29) is 5.41 Å². The van der Waals surface area contributed by atoms with Crippen molar-refractivity contribution in [2.24, 2.45) is 23.2 Å². The molecule has 0 N–H and O–H groups in total. The van der Waals surface area contributed by atoms with Crippen LogP contribution >= 0.6 is 0 Å². The molecule has 0 aliphatic heterocycles. The van der Waals surface area contributed by atoms with E-state index in [1.165, 1.54) is 16.7 Å². The second-order valence-corrected chi connectivity index (χ2v) is 18.4. The number of aryl methyl sites for hydroxylation is 1. The van der Waals surface area contributed by atoms with E-state index in [0.29, 0.717) is 23.7 Å². The van der Waals surface area contributed by atoms with E-state index in [4.69, 9.17) is 0 Å². The quantitative estimate of drug-likeness (QED) is 0.197. The van der Waals surface area contributed by atoms with Crippen molar-refractivity contribution in [1.29, 1.82) is 0 Å². The molecular weight excluding hydrogens is 656 g/mol. The Morgan fingerprint density at radius 1 is 0.750 bits per heavy atom. The normalized spacial score (nSPS) is 18.8. The Kier molecular flexibility index (Phi) is 10.3. The molecule has 247 valence electrons. The summed E-state index contributed by atoms with van der Waals surface area (Å²) in [5, 5.41) is 3.12. The van der Waals surface area contributed by atoms with Gasteiger partial charge in [0.25, 0.3) is 0 Å². The van der Waals surface area contributed by atoms with Gasteiger partial charge >= 0.3 is 304 Å². The fourth-order valence-electron chi connectivity index (χ4n) is 9.16. The van der Waals surface area contributed by atoms with Crippen LogP contribution in [0, 0.1) is 23.2 Å². The number of allylic oxidation sites excluding steroid dienone is 8. The predicted molar refractivity (Wildman–Crippen MR) is 205 cm³/mol. The standard InChI is InChI=1S/C34H45.C13H10.Zr/c1-11-24-17-26-19-28-31(30(26)27(18-24)20(3)4)29(21(5)6)32(22(7)8)34(12-2,23(9)10)33(28)25-15-13-14-16-25;1-3-7-12(8-4-1)11-13-9-5-2-6-10-13;/h13-15,17-18,20-23H,11-12,16H2,1-10H3;1-10H;. The van der Waals surface area contributed by atoms with Crippen molar-refractivity contribution in [3.63, 3.8) is 0 Å². The van der Waals surface area contributed by atoms with Gasteiger partial charge in [0.1, 0.15) is 0 Å². The van der Waals surface area contributed by atoms with Gasteiger partial charge in [0.2, 0.25) is 0 Å². The maximum atomic E-state index is 2.62. The molecule has 6 rings (SSSR count). The van der Waals surface area contributed by atoms with Crippen molar-refractivity contribution in [2.45, 2.75) is 94.4 Å². The van der Waals surface area contributed by atoms with Crippen LogP contribution in [-0.4, -0.2) is 3.21 Å². The van der Waals surface area contributed by atoms with Gasteiger partial charge in [-0.1, -0.05) is 0 Å². The van der Waals surface area contributed by atoms with Crippen molar-refractivity contribution in [3.8, 4) is 0 Å². The summed E-state index contributed by atoms with van der Waals surface area (Å²) in [6, 6.07) is 27.8. The van der Waals surface area contributed by atoms with Gasteiger partial charge in [-0.3, -0.25) is 0 Å². The van der Waals surface area contributed by atoms with Crippen LogP contribution < -0.4 is 10.4 Å². The first-order valence-electron chi connectivity index (χ1n) is 18.6. The van der Waals surface area contributed by atoms with Gasteiger partial charge < -0.3 is 0 Å². The second-order valence-electron chi connectivity index (χ2n) is 15.3. The molecule has 3 aliphatic carbocycles. The predicted octanol–water partition coefficient (Wildman–Crippen LogP) is 10.9. The van der Waals surface area contributed by atoms with Gasteiger partial charge in [-0.15, -0.1) is 0 Å². The van der Waals surface area contributed by atoms with Gasteiger partial charge in [0.15, 0.2) is 0 Å². The van der Waals surface area contributed by atoms with Crippen LogP contribution in [-0.2, 0) is 29.2 Å². The minimum absolute atomic E-state index is 0.0115. The molecule has 1 heteroatoms. The Bertz CT molecular complexity index is 1950. The van der Waals surface area contributed by atoms with Crippen LogP contribution in [0.5, 0.6) is 0 Å². The molecule has 0 saturated carbocycles. The summed E-state index contributed by atoms with van der Waals surface area (Å²) >= 11 is -1.39. The van der Waals surface area contributed by atoms with Crippen LogP contribution in [0.25, 0.3) is 8.85 Å². The molecule has 3 aliphatic rings. The molecule has 0 fully saturated rings. The molecule has 0 radical (unpaired) electrons. The van der Waals surface area contributed by atoms with Crippen LogP contribution in [0.2, 0.25) is 0 Å². The van der Waals surface area contributed by atoms with E-state index in [1.54, 1.807) is 55.9 Å². The van der Waals surface area contributed by atoms with Gasteiger partial charge in [-0.2, -0.15) is 0 Å². The van der Waals surface area contributed by atoms with E-state index in [2.05, 4.69) is 160 Å². The van der Waals surface area contributed by atoms with Crippen LogP contribution in [0.1, 0.15) is 110 Å².